The van der Waals surface area contributed by atoms with Crippen LogP contribution in [0.25, 0.3) is 11.2 Å². The lowest BCUT2D eigenvalue weighted by Crippen LogP contribution is -2.39. The molecule has 2 fully saturated rings. The van der Waals surface area contributed by atoms with Crippen molar-refractivity contribution in [1.82, 2.24) is 44.6 Å². The molecule has 4 N–H and O–H groups in total. The minimum Gasteiger partial charge on any atom is -0.387 e. The molecule has 0 amide bonds. The third-order valence-corrected chi connectivity index (χ3v) is 6.85. The molecule has 0 aliphatic carbocycles. The molecule has 5 heterocycles. The van der Waals surface area contributed by atoms with Gasteiger partial charge in [-0.15, -0.1) is 10.2 Å². The van der Waals surface area contributed by atoms with Gasteiger partial charge in [0.25, 0.3) is 0 Å². The van der Waals surface area contributed by atoms with E-state index in [4.69, 9.17) is 19.4 Å². The van der Waals surface area contributed by atoms with E-state index in [1.54, 1.807) is 17.9 Å². The van der Waals surface area contributed by atoms with Gasteiger partial charge in [0, 0.05) is 32.2 Å². The summed E-state index contributed by atoms with van der Waals surface area (Å²) in [7, 11) is 1.62. The molecule has 3 aromatic heterocycles. The lowest BCUT2D eigenvalue weighted by Gasteiger charge is -2.26. The number of aromatic nitrogens is 8. The number of rotatable bonds is 10. The van der Waals surface area contributed by atoms with Gasteiger partial charge in [-0.2, -0.15) is 14.8 Å². The van der Waals surface area contributed by atoms with Crippen LogP contribution in [0.5, 0.6) is 0 Å². The van der Waals surface area contributed by atoms with Crippen LogP contribution >= 0.6 is 0 Å². The minimum atomic E-state index is -1.26. The molecule has 2 saturated heterocycles. The van der Waals surface area contributed by atoms with E-state index in [2.05, 4.69) is 49.8 Å². The summed E-state index contributed by atoms with van der Waals surface area (Å²) in [5, 5.41) is 40.3. The Morgan fingerprint density at radius 3 is 2.62 bits per heavy atom. The maximum Gasteiger partial charge on any atom is 0.226 e. The lowest BCUT2D eigenvalue weighted by molar-refractivity contribution is -0.0384. The lowest BCUT2D eigenvalue weighted by atomic mass is 10.1. The Kier molecular flexibility index (Phi) is 7.76. The second kappa shape index (κ2) is 11.2. The molecule has 4 atom stereocenters. The topological polar surface area (TPSA) is 173 Å². The van der Waals surface area contributed by atoms with Crippen molar-refractivity contribution in [2.75, 3.05) is 50.0 Å². The van der Waals surface area contributed by atoms with Crippen LogP contribution in [0.15, 0.2) is 6.33 Å². The molecule has 0 saturated carbocycles. The van der Waals surface area contributed by atoms with E-state index in [-0.39, 0.29) is 11.9 Å². The first-order valence-electron chi connectivity index (χ1n) is 12.8. The van der Waals surface area contributed by atoms with Crippen molar-refractivity contribution in [3.63, 3.8) is 0 Å². The van der Waals surface area contributed by atoms with Crippen LogP contribution in [-0.2, 0) is 16.5 Å². The quantitative estimate of drug-likeness (QED) is 0.276. The Bertz CT molecular complexity index is 1180. The van der Waals surface area contributed by atoms with E-state index in [0.717, 1.165) is 45.7 Å². The Labute approximate surface area is 214 Å². The second-order valence-corrected chi connectivity index (χ2v) is 9.32. The van der Waals surface area contributed by atoms with Gasteiger partial charge in [-0.05, 0) is 18.1 Å². The highest BCUT2D eigenvalue weighted by atomic mass is 16.6. The fourth-order valence-electron chi connectivity index (χ4n) is 4.63. The average Bonchev–Trinajstić information content (AvgIpc) is 3.61. The zero-order valence-electron chi connectivity index (χ0n) is 21.4. The maximum atomic E-state index is 10.9. The molecule has 202 valence electrons. The monoisotopic (exact) mass is 517 g/mol. The number of hydrogen-bond acceptors (Lipinski definition) is 13. The third-order valence-electron chi connectivity index (χ3n) is 6.85. The van der Waals surface area contributed by atoms with Crippen LogP contribution in [0.3, 0.4) is 0 Å². The van der Waals surface area contributed by atoms with Crippen LogP contribution in [0.2, 0.25) is 0 Å². The highest BCUT2D eigenvalue weighted by Gasteiger charge is 2.47. The third kappa shape index (κ3) is 5.36. The van der Waals surface area contributed by atoms with E-state index >= 15 is 0 Å². The van der Waals surface area contributed by atoms with Gasteiger partial charge in [0.15, 0.2) is 29.3 Å². The first-order chi connectivity index (χ1) is 18.0. The summed E-state index contributed by atoms with van der Waals surface area (Å²) in [4.78, 5) is 17.6. The number of hydrogen-bond donors (Lipinski definition) is 4. The number of morpholine rings is 1. The van der Waals surface area contributed by atoms with E-state index in [0.29, 0.717) is 29.5 Å². The highest BCUT2D eigenvalue weighted by molar-refractivity contribution is 5.84. The van der Waals surface area contributed by atoms with E-state index < -0.39 is 24.5 Å². The minimum absolute atomic E-state index is 0.192. The van der Waals surface area contributed by atoms with Gasteiger partial charge in [0.05, 0.1) is 26.6 Å². The Morgan fingerprint density at radius 1 is 1.14 bits per heavy atom. The van der Waals surface area contributed by atoms with Crippen molar-refractivity contribution in [2.24, 2.45) is 7.05 Å². The van der Waals surface area contributed by atoms with Crippen molar-refractivity contribution < 1.29 is 19.7 Å². The first-order valence-corrected chi connectivity index (χ1v) is 12.8. The summed E-state index contributed by atoms with van der Waals surface area (Å²) in [6.45, 7) is 9.01. The van der Waals surface area contributed by atoms with Crippen molar-refractivity contribution in [3.05, 3.63) is 12.2 Å². The molecular weight excluding hydrogens is 482 g/mol. The molecule has 15 heteroatoms. The van der Waals surface area contributed by atoms with Crippen LogP contribution in [0.4, 0.5) is 11.8 Å². The number of aliphatic hydroxyl groups is 2. The van der Waals surface area contributed by atoms with E-state index in [1.165, 1.54) is 4.80 Å². The summed E-state index contributed by atoms with van der Waals surface area (Å²) in [5.41, 5.74) is 1.03. The maximum absolute atomic E-state index is 10.9. The van der Waals surface area contributed by atoms with Crippen LogP contribution in [-0.4, -0.2) is 112 Å². The molecule has 0 unspecified atom stereocenters. The summed E-state index contributed by atoms with van der Waals surface area (Å²) in [6.07, 6.45) is -1.01. The number of aliphatic hydroxyl groups excluding tert-OH is 2. The van der Waals surface area contributed by atoms with Crippen molar-refractivity contribution in [3.8, 4) is 0 Å². The zero-order chi connectivity index (χ0) is 25.9. The Balaban J connectivity index is 1.43. The Morgan fingerprint density at radius 2 is 1.92 bits per heavy atom. The molecule has 37 heavy (non-hydrogen) atoms. The van der Waals surface area contributed by atoms with E-state index in [1.807, 2.05) is 0 Å². The molecule has 0 aromatic carbocycles. The summed E-state index contributed by atoms with van der Waals surface area (Å²) in [6, 6.07) is 0.215. The van der Waals surface area contributed by atoms with Crippen LogP contribution in [0.1, 0.15) is 44.8 Å². The van der Waals surface area contributed by atoms with Crippen LogP contribution in [0, 0.1) is 0 Å². The number of anilines is 2. The Hall–Kier alpha value is -2.98. The number of ether oxygens (including phenoxy) is 2. The predicted molar refractivity (Wildman–Crippen MR) is 133 cm³/mol. The molecule has 3 aromatic rings. The highest BCUT2D eigenvalue weighted by Crippen LogP contribution is 2.39. The predicted octanol–water partition coefficient (Wildman–Crippen LogP) is -0.314. The smallest absolute Gasteiger partial charge is 0.226 e. The standard InChI is InChI=1S/C22H35N11O4/c1-4-13(5-2)25-18-14-20(27-22(26-18)23-6-7-32-8-10-36-11-9-32)33(12-24-14)21-16(35)15(34)17(37-21)19-28-30-31(3)29-19/h12-13,15-17,21,34-35H,4-11H2,1-3H3,(H2,23,25,26,27)/t15-,16+,17-,21+/m0/s1. The van der Waals surface area contributed by atoms with Gasteiger partial charge in [-0.1, -0.05) is 13.8 Å². The van der Waals surface area contributed by atoms with Crippen molar-refractivity contribution in [2.45, 2.75) is 57.3 Å². The molecule has 2 aliphatic heterocycles. The number of fused-ring (bicyclic) bond motifs is 1. The molecule has 5 rings (SSSR count). The molecule has 0 bridgehead atoms. The van der Waals surface area contributed by atoms with Gasteiger partial charge < -0.3 is 30.3 Å². The van der Waals surface area contributed by atoms with Crippen molar-refractivity contribution >= 4 is 22.9 Å². The van der Waals surface area contributed by atoms with E-state index in [9.17, 15) is 10.2 Å². The number of tetrazole rings is 1. The molecule has 15 nitrogen and oxygen atoms in total. The average molecular weight is 518 g/mol. The summed E-state index contributed by atoms with van der Waals surface area (Å²) in [5.74, 6) is 1.24. The normalized spacial score (nSPS) is 24.8. The van der Waals surface area contributed by atoms with Gasteiger partial charge in [-0.3, -0.25) is 9.47 Å². The summed E-state index contributed by atoms with van der Waals surface area (Å²) < 4.78 is 13.1. The zero-order valence-corrected chi connectivity index (χ0v) is 21.4. The SMILES string of the molecule is CCC(CC)Nc1nc(NCCN2CCOCC2)nc2c1ncn2[C@@H]1O[C@H](c2nnn(C)n2)[C@@H](O)[C@H]1O. The van der Waals surface area contributed by atoms with Gasteiger partial charge in [-0.25, -0.2) is 4.98 Å². The molecule has 0 radical (unpaired) electrons. The van der Waals surface area contributed by atoms with Gasteiger partial charge in [0.2, 0.25) is 11.8 Å². The first kappa shape index (κ1) is 25.7. The van der Waals surface area contributed by atoms with Crippen molar-refractivity contribution in [1.29, 1.82) is 0 Å². The fourth-order valence-corrected chi connectivity index (χ4v) is 4.63. The van der Waals surface area contributed by atoms with Crippen LogP contribution < -0.4 is 10.6 Å². The number of aryl methyl sites for hydroxylation is 1. The number of nitrogens with one attached hydrogen (secondary N) is 2. The molecule has 2 aliphatic rings. The number of imidazole rings is 1. The van der Waals surface area contributed by atoms with Gasteiger partial charge >= 0.3 is 0 Å². The fraction of sp³-hybridized carbons (Fsp3) is 0.727. The largest absolute Gasteiger partial charge is 0.387 e. The molecular formula is C22H35N11O4. The second-order valence-electron chi connectivity index (χ2n) is 9.32. The number of nitrogens with zero attached hydrogens (tertiary/aromatic N) is 9. The molecule has 0 spiro atoms. The summed E-state index contributed by atoms with van der Waals surface area (Å²) >= 11 is 0. The van der Waals surface area contributed by atoms with Gasteiger partial charge in [0.1, 0.15) is 12.2 Å².